The highest BCUT2D eigenvalue weighted by Crippen LogP contribution is 2.35. The molecule has 1 unspecified atom stereocenters. The number of nitrogens with zero attached hydrogens (tertiary/aromatic N) is 1. The van der Waals surface area contributed by atoms with Gasteiger partial charge in [0.1, 0.15) is 6.61 Å². The van der Waals surface area contributed by atoms with E-state index < -0.39 is 12.8 Å². The van der Waals surface area contributed by atoms with Crippen molar-refractivity contribution in [1.82, 2.24) is 10.2 Å². The van der Waals surface area contributed by atoms with Crippen molar-refractivity contribution in [3.8, 4) is 0 Å². The molecule has 2 saturated heterocycles. The second kappa shape index (κ2) is 7.09. The number of nitrogens with one attached hydrogen (secondary N) is 1. The predicted octanol–water partition coefficient (Wildman–Crippen LogP) is 2.42. The Morgan fingerprint density at radius 1 is 1.20 bits per heavy atom. The van der Waals surface area contributed by atoms with E-state index in [4.69, 9.17) is 0 Å². The van der Waals surface area contributed by atoms with Crippen LogP contribution in [0.15, 0.2) is 0 Å². The molecule has 0 radical (unpaired) electrons. The van der Waals surface area contributed by atoms with Crippen LogP contribution >= 0.6 is 0 Å². The van der Waals surface area contributed by atoms with E-state index in [9.17, 15) is 13.2 Å². The molecule has 0 aromatic carbocycles. The van der Waals surface area contributed by atoms with Gasteiger partial charge in [0.25, 0.3) is 0 Å². The van der Waals surface area contributed by atoms with Crippen LogP contribution in [0.2, 0.25) is 0 Å². The highest BCUT2D eigenvalue weighted by atomic mass is 19.4. The van der Waals surface area contributed by atoms with Crippen molar-refractivity contribution in [2.45, 2.75) is 38.3 Å². The molecule has 6 heteroatoms. The van der Waals surface area contributed by atoms with Crippen LogP contribution in [0, 0.1) is 5.41 Å². The number of hydrogen-bond acceptors (Lipinski definition) is 3. The molecule has 3 nitrogen and oxygen atoms in total. The van der Waals surface area contributed by atoms with Gasteiger partial charge in [-0.25, -0.2) is 0 Å². The van der Waals surface area contributed by atoms with Crippen LogP contribution < -0.4 is 5.32 Å². The van der Waals surface area contributed by atoms with Gasteiger partial charge in [-0.1, -0.05) is 0 Å². The highest BCUT2D eigenvalue weighted by molar-refractivity contribution is 4.91. The largest absolute Gasteiger partial charge is 0.411 e. The van der Waals surface area contributed by atoms with Gasteiger partial charge in [-0.15, -0.1) is 0 Å². The van der Waals surface area contributed by atoms with E-state index in [0.29, 0.717) is 11.8 Å². The van der Waals surface area contributed by atoms with Crippen LogP contribution in [0.3, 0.4) is 0 Å². The summed E-state index contributed by atoms with van der Waals surface area (Å²) in [4.78, 5) is 2.40. The smallest absolute Gasteiger partial charge is 0.372 e. The van der Waals surface area contributed by atoms with Crippen LogP contribution in [0.25, 0.3) is 0 Å². The Morgan fingerprint density at radius 2 is 2.00 bits per heavy atom. The summed E-state index contributed by atoms with van der Waals surface area (Å²) < 4.78 is 40.5. The fourth-order valence-electron chi connectivity index (χ4n) is 3.46. The molecular weight excluding hydrogens is 269 g/mol. The van der Waals surface area contributed by atoms with Gasteiger partial charge in [-0.05, 0) is 50.6 Å². The summed E-state index contributed by atoms with van der Waals surface area (Å²) in [5.74, 6) is 0. The lowest BCUT2D eigenvalue weighted by Gasteiger charge is -2.45. The Hall–Kier alpha value is -0.330. The molecule has 2 rings (SSSR count). The van der Waals surface area contributed by atoms with E-state index in [1.807, 2.05) is 0 Å². The Kier molecular flexibility index (Phi) is 5.69. The van der Waals surface area contributed by atoms with E-state index in [0.717, 1.165) is 32.7 Å². The second-order valence-corrected chi connectivity index (χ2v) is 6.18. The molecule has 0 saturated carbocycles. The fraction of sp³-hybridized carbons (Fsp3) is 1.00. The summed E-state index contributed by atoms with van der Waals surface area (Å²) in [6, 6.07) is 0. The van der Waals surface area contributed by atoms with E-state index >= 15 is 0 Å². The van der Waals surface area contributed by atoms with Gasteiger partial charge in [0.05, 0.1) is 0 Å². The van der Waals surface area contributed by atoms with Crippen molar-refractivity contribution in [3.63, 3.8) is 0 Å². The van der Waals surface area contributed by atoms with Gasteiger partial charge in [-0.2, -0.15) is 13.2 Å². The lowest BCUT2D eigenvalue weighted by Crippen LogP contribution is -2.51. The zero-order valence-electron chi connectivity index (χ0n) is 12.0. The number of likely N-dealkylation sites (tertiary alicyclic amines) is 1. The topological polar surface area (TPSA) is 24.5 Å². The third kappa shape index (κ3) is 5.22. The maximum absolute atomic E-state index is 11.9. The molecular formula is C14H25F3N2O. The number of halogens is 3. The van der Waals surface area contributed by atoms with Crippen molar-refractivity contribution >= 4 is 0 Å². The molecule has 2 heterocycles. The summed E-state index contributed by atoms with van der Waals surface area (Å²) in [6.45, 7) is 4.28. The van der Waals surface area contributed by atoms with Crippen LogP contribution in [0.5, 0.6) is 0 Å². The number of piperidine rings is 2. The van der Waals surface area contributed by atoms with Crippen molar-refractivity contribution < 1.29 is 17.9 Å². The standard InChI is InChI=1S/C14H25F3N2O/c15-14(16,17)12-20-9-3-8-19-7-2-5-13(11-19)4-1-6-18-10-13/h18H,1-12H2. The lowest BCUT2D eigenvalue weighted by atomic mass is 9.74. The molecule has 0 bridgehead atoms. The van der Waals surface area contributed by atoms with Crippen LogP contribution in [-0.4, -0.2) is 57.0 Å². The van der Waals surface area contributed by atoms with Crippen molar-refractivity contribution in [1.29, 1.82) is 0 Å². The monoisotopic (exact) mass is 294 g/mol. The van der Waals surface area contributed by atoms with Gasteiger partial charge >= 0.3 is 6.18 Å². The summed E-state index contributed by atoms with van der Waals surface area (Å²) in [7, 11) is 0. The summed E-state index contributed by atoms with van der Waals surface area (Å²) in [5.41, 5.74) is 0.406. The third-order valence-electron chi connectivity index (χ3n) is 4.33. The molecule has 0 amide bonds. The molecule has 2 fully saturated rings. The molecule has 1 N–H and O–H groups in total. The molecule has 0 aromatic heterocycles. The van der Waals surface area contributed by atoms with Crippen molar-refractivity contribution in [2.75, 3.05) is 45.9 Å². The SMILES string of the molecule is FC(F)(F)COCCCN1CCCC2(CCCNC2)C1. The molecule has 20 heavy (non-hydrogen) atoms. The molecule has 2 aliphatic rings. The third-order valence-corrected chi connectivity index (χ3v) is 4.33. The van der Waals surface area contributed by atoms with Crippen molar-refractivity contribution in [2.24, 2.45) is 5.41 Å². The van der Waals surface area contributed by atoms with Gasteiger partial charge in [0, 0.05) is 26.2 Å². The molecule has 2 aliphatic heterocycles. The number of hydrogen-bond donors (Lipinski definition) is 1. The van der Waals surface area contributed by atoms with Gasteiger partial charge in [0.2, 0.25) is 0 Å². The van der Waals surface area contributed by atoms with Gasteiger partial charge in [-0.3, -0.25) is 0 Å². The number of rotatable bonds is 5. The maximum Gasteiger partial charge on any atom is 0.411 e. The van der Waals surface area contributed by atoms with Crippen LogP contribution in [0.1, 0.15) is 32.1 Å². The second-order valence-electron chi connectivity index (χ2n) is 6.18. The normalized spacial score (nSPS) is 28.9. The maximum atomic E-state index is 11.9. The van der Waals surface area contributed by atoms with Gasteiger partial charge < -0.3 is 15.0 Å². The summed E-state index contributed by atoms with van der Waals surface area (Å²) >= 11 is 0. The summed E-state index contributed by atoms with van der Waals surface area (Å²) in [5, 5.41) is 3.48. The first kappa shape index (κ1) is 16.0. The Labute approximate surface area is 118 Å². The average molecular weight is 294 g/mol. The zero-order chi connectivity index (χ0) is 14.5. The molecule has 0 aromatic rings. The van der Waals surface area contributed by atoms with E-state index in [-0.39, 0.29) is 6.61 Å². The molecule has 1 spiro atoms. The van der Waals surface area contributed by atoms with E-state index in [1.165, 1.54) is 25.7 Å². The Balaban J connectivity index is 1.63. The predicted molar refractivity (Wildman–Crippen MR) is 71.7 cm³/mol. The molecule has 1 atom stereocenters. The zero-order valence-corrected chi connectivity index (χ0v) is 12.0. The van der Waals surface area contributed by atoms with Gasteiger partial charge in [0.15, 0.2) is 0 Å². The van der Waals surface area contributed by atoms with Crippen molar-refractivity contribution in [3.05, 3.63) is 0 Å². The first-order valence-electron chi connectivity index (χ1n) is 7.57. The first-order chi connectivity index (χ1) is 9.49. The highest BCUT2D eigenvalue weighted by Gasteiger charge is 2.36. The summed E-state index contributed by atoms with van der Waals surface area (Å²) in [6.07, 6.45) is 1.47. The van der Waals surface area contributed by atoms with E-state index in [2.05, 4.69) is 15.0 Å². The minimum Gasteiger partial charge on any atom is -0.372 e. The van der Waals surface area contributed by atoms with E-state index in [1.54, 1.807) is 0 Å². The first-order valence-corrected chi connectivity index (χ1v) is 7.57. The van der Waals surface area contributed by atoms with Crippen LogP contribution in [-0.2, 0) is 4.74 Å². The Morgan fingerprint density at radius 3 is 2.70 bits per heavy atom. The quantitative estimate of drug-likeness (QED) is 0.788. The minimum atomic E-state index is -4.21. The average Bonchev–Trinajstić information content (AvgIpc) is 2.38. The van der Waals surface area contributed by atoms with Crippen LogP contribution in [0.4, 0.5) is 13.2 Å². The molecule has 118 valence electrons. The fourth-order valence-corrected chi connectivity index (χ4v) is 3.46. The number of ether oxygens (including phenoxy) is 1. The minimum absolute atomic E-state index is 0.196. The Bertz CT molecular complexity index is 285. The lowest BCUT2D eigenvalue weighted by molar-refractivity contribution is -0.174. The number of alkyl halides is 3. The molecule has 0 aliphatic carbocycles.